The number of hydrogen-bond donors (Lipinski definition) is 1. The van der Waals surface area contributed by atoms with Gasteiger partial charge in [0.1, 0.15) is 16.7 Å². The van der Waals surface area contributed by atoms with Crippen molar-refractivity contribution in [1.29, 1.82) is 0 Å². The summed E-state index contributed by atoms with van der Waals surface area (Å²) in [7, 11) is 0. The minimum Gasteiger partial charge on any atom is -0.391 e. The first-order valence-corrected chi connectivity index (χ1v) is 13.7. The summed E-state index contributed by atoms with van der Waals surface area (Å²) in [6.07, 6.45) is 7.37. The molecular weight excluding hydrogens is 466 g/mol. The Morgan fingerprint density at radius 1 is 1.12 bits per heavy atom. The van der Waals surface area contributed by atoms with Crippen LogP contribution in [0, 0.1) is 5.92 Å². The Balaban J connectivity index is 1.35. The minimum absolute atomic E-state index is 0.0235. The molecule has 9 heteroatoms. The molecule has 3 aromatic heterocycles. The van der Waals surface area contributed by atoms with Crippen molar-refractivity contribution in [2.45, 2.75) is 56.7 Å². The zero-order valence-corrected chi connectivity index (χ0v) is 20.4. The number of aromatic nitrogens is 4. The van der Waals surface area contributed by atoms with Crippen LogP contribution >= 0.6 is 22.7 Å². The number of hydrogen-bond acceptors (Lipinski definition) is 7. The van der Waals surface area contributed by atoms with Gasteiger partial charge in [0.2, 0.25) is 5.91 Å². The van der Waals surface area contributed by atoms with Crippen molar-refractivity contribution in [1.82, 2.24) is 24.9 Å². The van der Waals surface area contributed by atoms with E-state index in [1.165, 1.54) is 6.42 Å². The maximum absolute atomic E-state index is 14.2. The molecule has 0 bridgehead atoms. The SMILES string of the molecule is O=C([C@H](C1CCCCC1)n1cc(-c2cccs2)nn1)N1C[C@H](O)C[C@H]1c1nc2ccccc2s1. The summed E-state index contributed by atoms with van der Waals surface area (Å²) in [5.41, 5.74) is 1.74. The summed E-state index contributed by atoms with van der Waals surface area (Å²) < 4.78 is 2.89. The van der Waals surface area contributed by atoms with E-state index in [1.54, 1.807) is 27.4 Å². The second kappa shape index (κ2) is 9.20. The van der Waals surface area contributed by atoms with E-state index in [9.17, 15) is 9.90 Å². The van der Waals surface area contributed by atoms with Crippen LogP contribution in [0.5, 0.6) is 0 Å². The van der Waals surface area contributed by atoms with Crippen molar-refractivity contribution in [3.05, 3.63) is 53.0 Å². The highest BCUT2D eigenvalue weighted by atomic mass is 32.1. The monoisotopic (exact) mass is 493 g/mol. The van der Waals surface area contributed by atoms with Crippen LogP contribution in [0.2, 0.25) is 0 Å². The van der Waals surface area contributed by atoms with Gasteiger partial charge in [0, 0.05) is 13.0 Å². The fraction of sp³-hybridized carbons (Fsp3) is 0.440. The number of nitrogens with zero attached hydrogens (tertiary/aromatic N) is 5. The van der Waals surface area contributed by atoms with E-state index >= 15 is 0 Å². The predicted octanol–water partition coefficient (Wildman–Crippen LogP) is 5.07. The molecule has 1 aliphatic heterocycles. The molecule has 0 unspecified atom stereocenters. The number of β-amino-alcohol motifs (C(OH)–C–C–N with tert-alkyl or cyclic N) is 1. The fourth-order valence-corrected chi connectivity index (χ4v) is 7.19. The number of aliphatic hydroxyl groups is 1. The number of carbonyl (C=O) groups is 1. The standard InChI is InChI=1S/C25H27N5O2S2/c31-17-13-20(24-26-18-9-4-5-10-22(18)34-24)29(14-17)25(32)23(16-7-2-1-3-8-16)30-15-19(27-28-30)21-11-6-12-33-21/h4-6,9-12,15-17,20,23,31H,1-3,7-8,13-14H2/t17-,20+,23+/m1/s1. The second-order valence-electron chi connectivity index (χ2n) is 9.32. The third-order valence-electron chi connectivity index (χ3n) is 7.08. The summed E-state index contributed by atoms with van der Waals surface area (Å²) in [6, 6.07) is 11.4. The number of fused-ring (bicyclic) bond motifs is 1. The first-order valence-electron chi connectivity index (χ1n) is 12.0. The van der Waals surface area contributed by atoms with Gasteiger partial charge in [-0.15, -0.1) is 27.8 Å². The average molecular weight is 494 g/mol. The third-order valence-corrected chi connectivity index (χ3v) is 9.11. The van der Waals surface area contributed by atoms with Crippen molar-refractivity contribution in [2.24, 2.45) is 5.92 Å². The number of rotatable bonds is 5. The van der Waals surface area contributed by atoms with E-state index in [0.717, 1.165) is 51.5 Å². The van der Waals surface area contributed by atoms with Crippen molar-refractivity contribution in [2.75, 3.05) is 6.54 Å². The van der Waals surface area contributed by atoms with Crippen LogP contribution in [-0.4, -0.2) is 48.5 Å². The molecule has 7 nitrogen and oxygen atoms in total. The lowest BCUT2D eigenvalue weighted by molar-refractivity contribution is -0.138. The Labute approximate surface area is 206 Å². The Kier molecular flexibility index (Phi) is 5.92. The maximum atomic E-state index is 14.2. The lowest BCUT2D eigenvalue weighted by atomic mass is 9.83. The van der Waals surface area contributed by atoms with Crippen molar-refractivity contribution < 1.29 is 9.90 Å². The van der Waals surface area contributed by atoms with Crippen LogP contribution in [0.1, 0.15) is 55.6 Å². The number of amides is 1. The summed E-state index contributed by atoms with van der Waals surface area (Å²) in [5.74, 6) is 0.239. The van der Waals surface area contributed by atoms with E-state index < -0.39 is 12.1 Å². The number of thiazole rings is 1. The first kappa shape index (κ1) is 21.9. The van der Waals surface area contributed by atoms with Crippen LogP contribution in [0.3, 0.4) is 0 Å². The largest absolute Gasteiger partial charge is 0.391 e. The molecule has 1 saturated carbocycles. The number of carbonyl (C=O) groups excluding carboxylic acids is 1. The molecule has 0 spiro atoms. The quantitative estimate of drug-likeness (QED) is 0.420. The van der Waals surface area contributed by atoms with Gasteiger partial charge >= 0.3 is 0 Å². The molecule has 1 amide bonds. The van der Waals surface area contributed by atoms with E-state index in [0.29, 0.717) is 13.0 Å². The van der Waals surface area contributed by atoms with E-state index in [2.05, 4.69) is 16.4 Å². The Morgan fingerprint density at radius 3 is 2.76 bits per heavy atom. The first-order chi connectivity index (χ1) is 16.7. The Hall–Kier alpha value is -2.62. The Bertz CT molecular complexity index is 1240. The topological polar surface area (TPSA) is 84.1 Å². The predicted molar refractivity (Wildman–Crippen MR) is 134 cm³/mol. The van der Waals surface area contributed by atoms with Crippen molar-refractivity contribution in [3.8, 4) is 10.6 Å². The van der Waals surface area contributed by atoms with Crippen LogP contribution in [0.25, 0.3) is 20.8 Å². The number of likely N-dealkylation sites (tertiary alicyclic amines) is 1. The fourth-order valence-electron chi connectivity index (χ4n) is 5.42. The van der Waals surface area contributed by atoms with Crippen LogP contribution in [0.4, 0.5) is 0 Å². The molecule has 2 fully saturated rings. The second-order valence-corrected chi connectivity index (χ2v) is 11.3. The maximum Gasteiger partial charge on any atom is 0.248 e. The molecule has 3 atom stereocenters. The summed E-state index contributed by atoms with van der Waals surface area (Å²) in [4.78, 5) is 21.9. The van der Waals surface area contributed by atoms with Crippen LogP contribution < -0.4 is 0 Å². The molecule has 1 aliphatic carbocycles. The summed E-state index contributed by atoms with van der Waals surface area (Å²) in [5, 5.41) is 22.4. The Morgan fingerprint density at radius 2 is 1.97 bits per heavy atom. The molecule has 1 N–H and O–H groups in total. The zero-order valence-electron chi connectivity index (χ0n) is 18.8. The van der Waals surface area contributed by atoms with E-state index in [-0.39, 0.29) is 17.9 Å². The number of benzene rings is 1. The van der Waals surface area contributed by atoms with Crippen LogP contribution in [-0.2, 0) is 4.79 Å². The van der Waals surface area contributed by atoms with Crippen molar-refractivity contribution in [3.63, 3.8) is 0 Å². The minimum atomic E-state index is -0.551. The smallest absolute Gasteiger partial charge is 0.248 e. The number of para-hydroxylation sites is 1. The molecule has 1 aromatic carbocycles. The van der Waals surface area contributed by atoms with Gasteiger partial charge in [-0.1, -0.05) is 42.7 Å². The van der Waals surface area contributed by atoms with E-state index in [1.807, 2.05) is 46.8 Å². The zero-order chi connectivity index (χ0) is 23.1. The molecule has 4 heterocycles. The summed E-state index contributed by atoms with van der Waals surface area (Å²) >= 11 is 3.23. The van der Waals surface area contributed by atoms with Gasteiger partial charge in [-0.05, 0) is 42.3 Å². The van der Waals surface area contributed by atoms with Crippen LogP contribution in [0.15, 0.2) is 48.0 Å². The van der Waals surface area contributed by atoms with Gasteiger partial charge < -0.3 is 10.0 Å². The lowest BCUT2D eigenvalue weighted by Gasteiger charge is -2.33. The van der Waals surface area contributed by atoms with Gasteiger partial charge in [-0.2, -0.15) is 0 Å². The molecule has 4 aromatic rings. The van der Waals surface area contributed by atoms with E-state index in [4.69, 9.17) is 4.98 Å². The highest BCUT2D eigenvalue weighted by Gasteiger charge is 2.43. The molecule has 0 radical (unpaired) electrons. The average Bonchev–Trinajstić information content (AvgIpc) is 3.65. The summed E-state index contributed by atoms with van der Waals surface area (Å²) in [6.45, 7) is 0.328. The van der Waals surface area contributed by atoms with Crippen molar-refractivity contribution >= 4 is 38.8 Å². The van der Waals surface area contributed by atoms with Gasteiger partial charge in [-0.3, -0.25) is 4.79 Å². The molecule has 2 aliphatic rings. The van der Waals surface area contributed by atoms with Gasteiger partial charge in [0.15, 0.2) is 0 Å². The molecular formula is C25H27N5O2S2. The van der Waals surface area contributed by atoms with Gasteiger partial charge in [0.05, 0.1) is 33.4 Å². The molecule has 6 rings (SSSR count). The normalized spacial score (nSPS) is 22.4. The van der Waals surface area contributed by atoms with Gasteiger partial charge in [-0.25, -0.2) is 9.67 Å². The third kappa shape index (κ3) is 4.06. The molecule has 1 saturated heterocycles. The van der Waals surface area contributed by atoms with Gasteiger partial charge in [0.25, 0.3) is 0 Å². The highest BCUT2D eigenvalue weighted by Crippen LogP contribution is 2.41. The molecule has 176 valence electrons. The highest BCUT2D eigenvalue weighted by molar-refractivity contribution is 7.18. The number of thiophene rings is 1. The molecule has 34 heavy (non-hydrogen) atoms. The lowest BCUT2D eigenvalue weighted by Crippen LogP contribution is -2.41. The number of aliphatic hydroxyl groups excluding tert-OH is 1.